The van der Waals surface area contributed by atoms with Gasteiger partial charge >= 0.3 is 21.1 Å². The number of nitrogens with two attached hydrogens (primary N) is 1. The molecule has 1 saturated heterocycles. The molecule has 0 aromatic carbocycles. The number of amides is 3. The summed E-state index contributed by atoms with van der Waals surface area (Å²) in [4.78, 5) is 38.7. The number of allylic oxidation sites excluding steroid dienone is 1. The second kappa shape index (κ2) is 10.9. The third kappa shape index (κ3) is 6.08. The number of hydrogen-bond acceptors (Lipinski definition) is 6. The zero-order valence-electron chi connectivity index (χ0n) is 12.9. The molecular formula is C14H18N4O4W. The zero-order chi connectivity index (χ0) is 16.5. The Morgan fingerprint density at radius 3 is 2.78 bits per heavy atom. The summed E-state index contributed by atoms with van der Waals surface area (Å²) in [6, 6.07) is -0.850. The van der Waals surface area contributed by atoms with Crippen molar-refractivity contribution >= 4 is 23.9 Å². The molecular weight excluding hydrogens is 472 g/mol. The van der Waals surface area contributed by atoms with Crippen molar-refractivity contribution in [3.63, 3.8) is 0 Å². The molecule has 1 atom stereocenters. The zero-order valence-corrected chi connectivity index (χ0v) is 15.8. The maximum atomic E-state index is 12.1. The average molecular weight is 490 g/mol. The summed E-state index contributed by atoms with van der Waals surface area (Å²) in [6.45, 7) is 0.214. The summed E-state index contributed by atoms with van der Waals surface area (Å²) in [6.07, 6.45) is 6.13. The van der Waals surface area contributed by atoms with Crippen LogP contribution in [0.15, 0.2) is 22.4 Å². The van der Waals surface area contributed by atoms with Gasteiger partial charge in [-0.15, -0.1) is 12.2 Å². The fourth-order valence-corrected chi connectivity index (χ4v) is 1.83. The van der Waals surface area contributed by atoms with Crippen LogP contribution in [-0.2, 0) is 40.2 Å². The van der Waals surface area contributed by atoms with Crippen molar-refractivity contribution in [2.45, 2.75) is 18.9 Å². The molecule has 0 spiro atoms. The molecule has 3 amide bonds. The number of ether oxygens (including phenoxy) is 1. The number of carbonyl (C=O) groups is 3. The van der Waals surface area contributed by atoms with Gasteiger partial charge in [0.2, 0.25) is 11.8 Å². The van der Waals surface area contributed by atoms with Gasteiger partial charge in [0, 0.05) is 12.2 Å². The number of nitrogens with zero attached hydrogens (tertiary/aromatic N) is 2. The first-order chi connectivity index (χ1) is 10.6. The third-order valence-corrected chi connectivity index (χ3v) is 2.86. The van der Waals surface area contributed by atoms with Crippen LogP contribution in [0.25, 0.3) is 5.32 Å². The molecule has 2 aliphatic rings. The Labute approximate surface area is 148 Å². The molecule has 1 fully saturated rings. The van der Waals surface area contributed by atoms with Crippen LogP contribution in [0.3, 0.4) is 0 Å². The van der Waals surface area contributed by atoms with Gasteiger partial charge in [0.05, 0.1) is 13.7 Å². The maximum absolute atomic E-state index is 12.1. The van der Waals surface area contributed by atoms with Crippen molar-refractivity contribution in [1.82, 2.24) is 5.32 Å². The van der Waals surface area contributed by atoms with Crippen LogP contribution in [0.5, 0.6) is 0 Å². The predicted octanol–water partition coefficient (Wildman–Crippen LogP) is -0.391. The molecule has 0 saturated carbocycles. The minimum Gasteiger partial charge on any atom is -0.684 e. The summed E-state index contributed by atoms with van der Waals surface area (Å²) >= 11 is 0. The Morgan fingerprint density at radius 1 is 1.48 bits per heavy atom. The van der Waals surface area contributed by atoms with Crippen LogP contribution >= 0.6 is 0 Å². The molecule has 1 unspecified atom stereocenters. The Bertz CT molecular complexity index is 543. The Hall–Kier alpha value is -1.79. The number of piperidine rings is 1. The molecule has 0 aromatic heterocycles. The van der Waals surface area contributed by atoms with Crippen molar-refractivity contribution in [3.05, 3.63) is 28.8 Å². The summed E-state index contributed by atoms with van der Waals surface area (Å²) in [5, 5.41) is 5.99. The average Bonchev–Trinajstić information content (AvgIpc) is 2.77. The second-order valence-electron chi connectivity index (χ2n) is 4.20. The molecule has 2 aliphatic heterocycles. The van der Waals surface area contributed by atoms with Gasteiger partial charge in [-0.25, -0.2) is 0 Å². The van der Waals surface area contributed by atoms with Gasteiger partial charge in [-0.1, -0.05) is 11.8 Å². The number of rotatable bonds is 3. The quantitative estimate of drug-likeness (QED) is 0.412. The van der Waals surface area contributed by atoms with Crippen molar-refractivity contribution in [2.24, 2.45) is 10.7 Å². The van der Waals surface area contributed by atoms with E-state index in [9.17, 15) is 14.4 Å². The van der Waals surface area contributed by atoms with Gasteiger partial charge in [0.25, 0.3) is 0 Å². The first-order valence-corrected chi connectivity index (χ1v) is 6.63. The smallest absolute Gasteiger partial charge is 0.684 e. The molecule has 2 rings (SSSR count). The fourth-order valence-electron chi connectivity index (χ4n) is 1.83. The normalized spacial score (nSPS) is 19.7. The monoisotopic (exact) mass is 490 g/mol. The molecule has 8 nitrogen and oxygen atoms in total. The number of carbonyl (C=O) groups excluding carboxylic acids is 3. The molecule has 124 valence electrons. The number of aliphatic imine (C=N–C) groups is 1. The van der Waals surface area contributed by atoms with E-state index in [-0.39, 0.29) is 51.9 Å². The van der Waals surface area contributed by atoms with E-state index in [0.29, 0.717) is 5.76 Å². The van der Waals surface area contributed by atoms with Gasteiger partial charge in [-0.05, 0) is 25.4 Å². The van der Waals surface area contributed by atoms with Crippen molar-refractivity contribution in [2.75, 3.05) is 20.7 Å². The van der Waals surface area contributed by atoms with Crippen molar-refractivity contribution in [1.29, 1.82) is 0 Å². The number of imide groups is 1. The van der Waals surface area contributed by atoms with E-state index in [1.165, 1.54) is 26.4 Å². The van der Waals surface area contributed by atoms with E-state index in [0.717, 1.165) is 0 Å². The summed E-state index contributed by atoms with van der Waals surface area (Å²) < 4.78 is 5.09. The first-order valence-electron chi connectivity index (χ1n) is 6.63. The van der Waals surface area contributed by atoms with Gasteiger partial charge in [-0.3, -0.25) is 14.9 Å². The minimum absolute atomic E-state index is 0. The van der Waals surface area contributed by atoms with Crippen LogP contribution in [0.4, 0.5) is 0 Å². The second-order valence-corrected chi connectivity index (χ2v) is 4.20. The molecule has 23 heavy (non-hydrogen) atoms. The van der Waals surface area contributed by atoms with E-state index >= 15 is 0 Å². The van der Waals surface area contributed by atoms with Gasteiger partial charge in [0.15, 0.2) is 0 Å². The summed E-state index contributed by atoms with van der Waals surface area (Å²) in [5.41, 5.74) is 4.65. The topological polar surface area (TPSA) is 125 Å². The van der Waals surface area contributed by atoms with Crippen LogP contribution in [0, 0.1) is 6.08 Å². The van der Waals surface area contributed by atoms with E-state index in [4.69, 9.17) is 4.74 Å². The Morgan fingerprint density at radius 2 is 2.17 bits per heavy atom. The fraction of sp³-hybridized carbons (Fsp3) is 0.429. The van der Waals surface area contributed by atoms with Crippen LogP contribution in [-0.4, -0.2) is 50.7 Å². The Balaban J connectivity index is 0.00000155. The van der Waals surface area contributed by atoms with E-state index in [2.05, 4.69) is 27.4 Å². The molecule has 0 aromatic rings. The number of hydrogen-bond donors (Lipinski definition) is 2. The summed E-state index contributed by atoms with van der Waals surface area (Å²) in [7, 11) is 2.93. The van der Waals surface area contributed by atoms with Gasteiger partial charge in [0.1, 0.15) is 0 Å². The summed E-state index contributed by atoms with van der Waals surface area (Å²) in [5.74, 6) is -1.16. The van der Waals surface area contributed by atoms with E-state index < -0.39 is 17.9 Å². The largest absolute Gasteiger partial charge is 2.00 e. The first kappa shape index (κ1) is 21.2. The van der Waals surface area contributed by atoms with Crippen molar-refractivity contribution in [3.8, 4) is 0 Å². The third-order valence-electron chi connectivity index (χ3n) is 2.86. The van der Waals surface area contributed by atoms with Crippen molar-refractivity contribution < 1.29 is 40.2 Å². The SMILES string of the molecule is CN.COC1=C(C(=O)[N-]C2CCC(=O)NC2=O)[C-]=CC=NC1.[W+2]. The molecule has 3 N–H and O–H groups in total. The van der Waals surface area contributed by atoms with Gasteiger partial charge < -0.3 is 25.6 Å². The predicted molar refractivity (Wildman–Crippen MR) is 79.9 cm³/mol. The van der Waals surface area contributed by atoms with Crippen LogP contribution in [0.1, 0.15) is 12.8 Å². The minimum atomic E-state index is -0.850. The van der Waals surface area contributed by atoms with Gasteiger partial charge in [-0.2, -0.15) is 0 Å². The van der Waals surface area contributed by atoms with Crippen LogP contribution in [0.2, 0.25) is 0 Å². The molecule has 0 radical (unpaired) electrons. The number of nitrogens with one attached hydrogen (secondary N) is 1. The molecule has 9 heteroatoms. The standard InChI is InChI=1S/C13H14N3O4.CH5N.W/c1-20-10-7-14-6-2-3-8(10)12(18)15-9-4-5-11(17)16-13(9)19;1-2;/h2,6,9H,4-5,7H2,1H3,(H2,15,16,17,18,19);2H2,1H3;/q-1;;+2/p-1. The molecule has 0 aliphatic carbocycles. The Kier molecular flexibility index (Phi) is 10.0. The van der Waals surface area contributed by atoms with Crippen LogP contribution < -0.4 is 11.1 Å². The molecule has 0 bridgehead atoms. The maximum Gasteiger partial charge on any atom is 2.00 e. The number of methoxy groups -OCH3 is 1. The van der Waals surface area contributed by atoms with E-state index in [1.807, 2.05) is 0 Å². The van der Waals surface area contributed by atoms with E-state index in [1.54, 1.807) is 0 Å². The molecule has 2 heterocycles.